The standard InChI is InChI=1S/C25H31ClFN7O3/c1-33-4-6-34(7-5-33)21-3-2-16(28)10-18(21)24(36)29-11-15-8-14-9-17(15)22(19(14)13-35)31-23-20(27)12-30-25(32-23)37-26/h2-3,10,12-15,17,19,22H,4-9,11,28H2,1H3,(H,29,36)(H,30,31,32). The number of benzene rings is 1. The second-order valence-electron chi connectivity index (χ2n) is 10.2. The number of aromatic nitrogens is 2. The number of fused-ring (bicyclic) bond motifs is 2. The third-order valence-corrected chi connectivity index (χ3v) is 8.23. The summed E-state index contributed by atoms with van der Waals surface area (Å²) in [5.74, 6) is -0.820. The molecular weight excluding hydrogens is 501 g/mol. The van der Waals surface area contributed by atoms with Crippen LogP contribution in [0.25, 0.3) is 0 Å². The summed E-state index contributed by atoms with van der Waals surface area (Å²) in [5, 5.41) is 6.20. The first kappa shape index (κ1) is 25.5. The maximum atomic E-state index is 14.4. The molecule has 2 aliphatic carbocycles. The number of rotatable bonds is 8. The van der Waals surface area contributed by atoms with Gasteiger partial charge in [-0.05, 0) is 55.8 Å². The molecule has 2 heterocycles. The van der Waals surface area contributed by atoms with Gasteiger partial charge in [-0.3, -0.25) is 4.79 Å². The highest BCUT2D eigenvalue weighted by atomic mass is 35.5. The zero-order chi connectivity index (χ0) is 26.1. The van der Waals surface area contributed by atoms with Gasteiger partial charge in [0.25, 0.3) is 5.91 Å². The van der Waals surface area contributed by atoms with Gasteiger partial charge in [0.05, 0.1) is 11.8 Å². The number of nitrogen functional groups attached to an aromatic ring is 1. The molecule has 5 unspecified atom stereocenters. The van der Waals surface area contributed by atoms with Crippen molar-refractivity contribution in [3.8, 4) is 6.01 Å². The number of hydrogen-bond donors (Lipinski definition) is 3. The van der Waals surface area contributed by atoms with Crippen molar-refractivity contribution >= 4 is 41.3 Å². The minimum absolute atomic E-state index is 0.0607. The highest BCUT2D eigenvalue weighted by Crippen LogP contribution is 2.52. The van der Waals surface area contributed by atoms with Crippen LogP contribution in [0.2, 0.25) is 0 Å². The van der Waals surface area contributed by atoms with E-state index in [1.165, 1.54) is 0 Å². The third-order valence-electron chi connectivity index (χ3n) is 8.09. The number of likely N-dealkylation sites (N-methyl/N-ethyl adjacent to an activating group) is 1. The molecular formula is C25H31ClFN7O3. The number of piperazine rings is 1. The van der Waals surface area contributed by atoms with Crippen molar-refractivity contribution in [1.82, 2.24) is 20.2 Å². The number of carbonyl (C=O) groups excluding carboxylic acids is 2. The van der Waals surface area contributed by atoms with Crippen LogP contribution in [-0.2, 0) is 4.79 Å². The molecule has 3 fully saturated rings. The van der Waals surface area contributed by atoms with Crippen molar-refractivity contribution in [1.29, 1.82) is 0 Å². The Labute approximate surface area is 219 Å². The Balaban J connectivity index is 1.28. The van der Waals surface area contributed by atoms with Crippen LogP contribution in [0, 0.1) is 29.5 Å². The predicted molar refractivity (Wildman–Crippen MR) is 138 cm³/mol. The molecule has 1 aromatic heterocycles. The van der Waals surface area contributed by atoms with Gasteiger partial charge in [-0.2, -0.15) is 9.97 Å². The quantitative estimate of drug-likeness (QED) is 0.347. The molecule has 1 aliphatic heterocycles. The minimum Gasteiger partial charge on any atom is -0.399 e. The van der Waals surface area contributed by atoms with Gasteiger partial charge >= 0.3 is 6.01 Å². The molecule has 3 aliphatic rings. The Morgan fingerprint density at radius 2 is 2.08 bits per heavy atom. The average molecular weight is 532 g/mol. The summed E-state index contributed by atoms with van der Waals surface area (Å²) in [5.41, 5.74) is 8.01. The second-order valence-corrected chi connectivity index (χ2v) is 10.4. The fourth-order valence-electron chi connectivity index (χ4n) is 6.19. The molecule has 2 bridgehead atoms. The first-order valence-electron chi connectivity index (χ1n) is 12.5. The van der Waals surface area contributed by atoms with E-state index in [1.807, 2.05) is 12.1 Å². The van der Waals surface area contributed by atoms with Gasteiger partial charge in [-0.15, -0.1) is 0 Å². The van der Waals surface area contributed by atoms with Crippen molar-refractivity contribution in [2.45, 2.75) is 18.9 Å². The van der Waals surface area contributed by atoms with E-state index in [4.69, 9.17) is 17.6 Å². The molecule has 4 N–H and O–H groups in total. The zero-order valence-corrected chi connectivity index (χ0v) is 21.3. The molecule has 198 valence electrons. The fraction of sp³-hybridized carbons (Fsp3) is 0.520. The number of aldehydes is 1. The summed E-state index contributed by atoms with van der Waals surface area (Å²) in [4.78, 5) is 37.3. The van der Waals surface area contributed by atoms with E-state index in [9.17, 15) is 14.0 Å². The highest BCUT2D eigenvalue weighted by Gasteiger charge is 2.52. The van der Waals surface area contributed by atoms with Gasteiger partial charge in [0.2, 0.25) is 0 Å². The number of carbonyl (C=O) groups is 2. The lowest BCUT2D eigenvalue weighted by molar-refractivity contribution is -0.112. The molecule has 0 radical (unpaired) electrons. The van der Waals surface area contributed by atoms with E-state index in [0.717, 1.165) is 57.2 Å². The van der Waals surface area contributed by atoms with Gasteiger partial charge in [-0.1, -0.05) is 0 Å². The van der Waals surface area contributed by atoms with E-state index in [2.05, 4.69) is 41.7 Å². The number of amides is 1. The smallest absolute Gasteiger partial charge is 0.337 e. The third kappa shape index (κ3) is 5.15. The van der Waals surface area contributed by atoms with Gasteiger partial charge in [0.15, 0.2) is 11.6 Å². The van der Waals surface area contributed by atoms with Crippen LogP contribution in [-0.4, -0.2) is 72.9 Å². The summed E-state index contributed by atoms with van der Waals surface area (Å²) in [7, 11) is 2.09. The first-order chi connectivity index (χ1) is 17.9. The van der Waals surface area contributed by atoms with Crippen LogP contribution in [0.3, 0.4) is 0 Å². The SMILES string of the molecule is CN1CCN(c2ccc(N)cc2C(=O)NCC2CC3CC2C(Nc2nc(OCl)ncc2F)C3C=O)CC1. The summed E-state index contributed by atoms with van der Waals surface area (Å²) < 4.78 is 18.9. The Kier molecular flexibility index (Phi) is 7.34. The van der Waals surface area contributed by atoms with Crippen molar-refractivity contribution in [3.05, 3.63) is 35.8 Å². The summed E-state index contributed by atoms with van der Waals surface area (Å²) in [6, 6.07) is 4.96. The highest BCUT2D eigenvalue weighted by molar-refractivity contribution is 6.08. The fourth-order valence-corrected chi connectivity index (χ4v) is 6.27. The predicted octanol–water partition coefficient (Wildman–Crippen LogP) is 2.16. The molecule has 37 heavy (non-hydrogen) atoms. The normalized spacial score (nSPS) is 27.2. The molecule has 12 heteroatoms. The average Bonchev–Trinajstić information content (AvgIpc) is 3.47. The molecule has 1 aromatic carbocycles. The second kappa shape index (κ2) is 10.7. The number of halogens is 2. The topological polar surface area (TPSA) is 126 Å². The molecule has 5 atom stereocenters. The van der Waals surface area contributed by atoms with Crippen LogP contribution in [0.1, 0.15) is 23.2 Å². The number of nitrogens with zero attached hydrogens (tertiary/aromatic N) is 4. The van der Waals surface area contributed by atoms with Crippen LogP contribution in [0.15, 0.2) is 24.4 Å². The number of nitrogens with two attached hydrogens (primary N) is 1. The van der Waals surface area contributed by atoms with Crippen LogP contribution in [0.4, 0.5) is 21.6 Å². The van der Waals surface area contributed by atoms with E-state index >= 15 is 0 Å². The van der Waals surface area contributed by atoms with Gasteiger partial charge in [0.1, 0.15) is 18.2 Å². The van der Waals surface area contributed by atoms with Gasteiger partial charge in [0, 0.05) is 56.1 Å². The molecule has 5 rings (SSSR count). The van der Waals surface area contributed by atoms with Crippen LogP contribution in [0.5, 0.6) is 6.01 Å². The molecule has 2 saturated carbocycles. The van der Waals surface area contributed by atoms with Crippen LogP contribution < -0.4 is 25.6 Å². The largest absolute Gasteiger partial charge is 0.399 e. The van der Waals surface area contributed by atoms with Gasteiger partial charge in [-0.25, -0.2) is 4.39 Å². The number of anilines is 3. The van der Waals surface area contributed by atoms with Crippen molar-refractivity contribution in [2.24, 2.45) is 23.7 Å². The minimum atomic E-state index is -0.659. The Morgan fingerprint density at radius 1 is 1.30 bits per heavy atom. The van der Waals surface area contributed by atoms with Gasteiger partial charge < -0.3 is 35.3 Å². The van der Waals surface area contributed by atoms with E-state index in [-0.39, 0.29) is 47.4 Å². The molecule has 2 aromatic rings. The zero-order valence-electron chi connectivity index (χ0n) is 20.6. The molecule has 10 nitrogen and oxygen atoms in total. The molecule has 1 saturated heterocycles. The maximum Gasteiger partial charge on any atom is 0.337 e. The Morgan fingerprint density at radius 3 is 2.81 bits per heavy atom. The Bertz CT molecular complexity index is 1160. The summed E-state index contributed by atoms with van der Waals surface area (Å²) in [6.45, 7) is 3.97. The maximum absolute atomic E-state index is 14.4. The van der Waals surface area contributed by atoms with E-state index < -0.39 is 5.82 Å². The Hall–Kier alpha value is -3.18. The number of nitrogens with one attached hydrogen (secondary N) is 2. The van der Waals surface area contributed by atoms with Crippen LogP contribution >= 0.6 is 11.9 Å². The van der Waals surface area contributed by atoms with Crippen molar-refractivity contribution in [2.75, 3.05) is 55.7 Å². The summed E-state index contributed by atoms with van der Waals surface area (Å²) >= 11 is 5.32. The summed E-state index contributed by atoms with van der Waals surface area (Å²) in [6.07, 6.45) is 3.54. The first-order valence-corrected chi connectivity index (χ1v) is 12.8. The lowest BCUT2D eigenvalue weighted by Crippen LogP contribution is -2.45. The monoisotopic (exact) mass is 531 g/mol. The van der Waals surface area contributed by atoms with Crippen molar-refractivity contribution in [3.63, 3.8) is 0 Å². The number of hydrogen-bond acceptors (Lipinski definition) is 9. The lowest BCUT2D eigenvalue weighted by atomic mass is 9.78. The lowest BCUT2D eigenvalue weighted by Gasteiger charge is -2.35. The molecule has 1 amide bonds. The molecule has 0 spiro atoms. The van der Waals surface area contributed by atoms with Crippen molar-refractivity contribution < 1.29 is 18.3 Å². The van der Waals surface area contributed by atoms with E-state index in [0.29, 0.717) is 17.8 Å². The van der Waals surface area contributed by atoms with E-state index in [1.54, 1.807) is 6.07 Å².